The molecule has 0 unspecified atom stereocenters. The minimum atomic E-state index is -1.34. The number of hydrogen-bond donors (Lipinski definition) is 2. The van der Waals surface area contributed by atoms with E-state index >= 15 is 0 Å². The van der Waals surface area contributed by atoms with Crippen molar-refractivity contribution < 1.29 is 29.3 Å². The fourth-order valence-electron chi connectivity index (χ4n) is 0.235. The van der Waals surface area contributed by atoms with E-state index in [2.05, 4.69) is 9.47 Å². The number of hydrogen-bond acceptors (Lipinski definition) is 6. The largest absolute Gasteiger partial charge is 0.430 e. The maximum atomic E-state index is 10.2. The summed E-state index contributed by atoms with van der Waals surface area (Å²) in [7, 11) is 0. The second kappa shape index (κ2) is 4.71. The minimum Gasteiger partial charge on any atom is -0.430 e. The normalized spacial score (nSPS) is 8.60. The Hall–Kier alpha value is -1.14. The Kier molecular flexibility index (Phi) is 4.17. The van der Waals surface area contributed by atoms with Crippen molar-refractivity contribution in [2.45, 2.75) is 0 Å². The quantitative estimate of drug-likeness (QED) is 0.268. The van der Waals surface area contributed by atoms with Gasteiger partial charge in [-0.1, -0.05) is 0 Å². The van der Waals surface area contributed by atoms with Crippen molar-refractivity contribution >= 4 is 11.9 Å². The first-order valence-corrected chi connectivity index (χ1v) is 2.28. The second-order valence-electron chi connectivity index (χ2n) is 1.12. The summed E-state index contributed by atoms with van der Waals surface area (Å²) in [6, 6.07) is 0. The number of aliphatic hydroxyl groups is 2. The number of carbonyl (C=O) groups excluding carboxylic acids is 2. The Labute approximate surface area is 56.0 Å². The molecule has 0 rings (SSSR count). The van der Waals surface area contributed by atoms with Crippen LogP contribution in [0, 0.1) is 0 Å². The molecule has 0 spiro atoms. The molecule has 0 atom stereocenters. The third kappa shape index (κ3) is 3.00. The van der Waals surface area contributed by atoms with Crippen molar-refractivity contribution in [1.29, 1.82) is 0 Å². The Bertz CT molecular complexity index is 114. The topological polar surface area (TPSA) is 93.1 Å². The lowest BCUT2D eigenvalue weighted by Crippen LogP contribution is -2.20. The maximum Gasteiger partial charge on any atom is 0.419 e. The SMILES string of the molecule is O=C(OCO)C(=O)OCO. The molecule has 0 aliphatic carbocycles. The van der Waals surface area contributed by atoms with E-state index in [1.165, 1.54) is 0 Å². The first-order chi connectivity index (χ1) is 4.72. The summed E-state index contributed by atoms with van der Waals surface area (Å²) in [5.74, 6) is -2.67. The van der Waals surface area contributed by atoms with Crippen LogP contribution >= 0.6 is 0 Å². The minimum absolute atomic E-state index is 0.890. The molecular weight excluding hydrogens is 144 g/mol. The average molecular weight is 150 g/mol. The lowest BCUT2D eigenvalue weighted by Gasteiger charge is -1.98. The van der Waals surface area contributed by atoms with Crippen LogP contribution in [0.2, 0.25) is 0 Å². The summed E-state index contributed by atoms with van der Waals surface area (Å²) in [4.78, 5) is 20.3. The molecule has 0 heterocycles. The molecule has 0 radical (unpaired) electrons. The molecule has 10 heavy (non-hydrogen) atoms. The van der Waals surface area contributed by atoms with Gasteiger partial charge in [0.1, 0.15) is 0 Å². The highest BCUT2D eigenvalue weighted by molar-refractivity contribution is 6.29. The zero-order chi connectivity index (χ0) is 7.98. The molecule has 0 fully saturated rings. The van der Waals surface area contributed by atoms with Gasteiger partial charge in [0.25, 0.3) is 0 Å². The number of carbonyl (C=O) groups is 2. The van der Waals surface area contributed by atoms with Gasteiger partial charge < -0.3 is 19.7 Å². The molecular formula is C4H6O6. The van der Waals surface area contributed by atoms with E-state index in [-0.39, 0.29) is 0 Å². The van der Waals surface area contributed by atoms with Crippen LogP contribution < -0.4 is 0 Å². The van der Waals surface area contributed by atoms with Crippen LogP contribution in [-0.4, -0.2) is 35.7 Å². The van der Waals surface area contributed by atoms with Gasteiger partial charge in [0.15, 0.2) is 13.6 Å². The lowest BCUT2D eigenvalue weighted by atomic mass is 10.7. The third-order valence-corrected chi connectivity index (χ3v) is 0.558. The van der Waals surface area contributed by atoms with Crippen LogP contribution in [0.25, 0.3) is 0 Å². The predicted octanol–water partition coefficient (Wildman–Crippen LogP) is -2.03. The van der Waals surface area contributed by atoms with Crippen LogP contribution in [0.4, 0.5) is 0 Å². The highest BCUT2D eigenvalue weighted by Gasteiger charge is 2.15. The highest BCUT2D eigenvalue weighted by Crippen LogP contribution is 1.81. The molecule has 0 bridgehead atoms. The molecule has 0 aromatic heterocycles. The second-order valence-corrected chi connectivity index (χ2v) is 1.12. The van der Waals surface area contributed by atoms with Gasteiger partial charge in [0.05, 0.1) is 0 Å². The van der Waals surface area contributed by atoms with E-state index in [0.717, 1.165) is 0 Å². The van der Waals surface area contributed by atoms with Gasteiger partial charge in [-0.2, -0.15) is 0 Å². The molecule has 6 heteroatoms. The number of rotatable bonds is 2. The third-order valence-electron chi connectivity index (χ3n) is 0.558. The Morgan fingerprint density at radius 3 is 1.50 bits per heavy atom. The molecule has 2 N–H and O–H groups in total. The first-order valence-electron chi connectivity index (χ1n) is 2.28. The van der Waals surface area contributed by atoms with Crippen molar-refractivity contribution in [2.75, 3.05) is 13.6 Å². The van der Waals surface area contributed by atoms with Crippen LogP contribution in [-0.2, 0) is 19.1 Å². The van der Waals surface area contributed by atoms with E-state index < -0.39 is 25.5 Å². The summed E-state index contributed by atoms with van der Waals surface area (Å²) in [5.41, 5.74) is 0. The van der Waals surface area contributed by atoms with Crippen LogP contribution in [0.3, 0.4) is 0 Å². The molecule has 0 aliphatic heterocycles. The van der Waals surface area contributed by atoms with Crippen molar-refractivity contribution in [3.8, 4) is 0 Å². The highest BCUT2D eigenvalue weighted by atomic mass is 16.7. The molecule has 0 aromatic rings. The van der Waals surface area contributed by atoms with Gasteiger partial charge in [0, 0.05) is 0 Å². The van der Waals surface area contributed by atoms with Crippen molar-refractivity contribution in [3.05, 3.63) is 0 Å². The van der Waals surface area contributed by atoms with Crippen molar-refractivity contribution in [3.63, 3.8) is 0 Å². The van der Waals surface area contributed by atoms with E-state index in [9.17, 15) is 9.59 Å². The zero-order valence-corrected chi connectivity index (χ0v) is 4.94. The molecule has 0 saturated heterocycles. The molecule has 0 saturated carbocycles. The van der Waals surface area contributed by atoms with Gasteiger partial charge >= 0.3 is 11.9 Å². The summed E-state index contributed by atoms with van der Waals surface area (Å²) >= 11 is 0. The fourth-order valence-corrected chi connectivity index (χ4v) is 0.235. The number of esters is 2. The molecule has 0 amide bonds. The maximum absolute atomic E-state index is 10.2. The van der Waals surface area contributed by atoms with Gasteiger partial charge in [-0.25, -0.2) is 9.59 Å². The predicted molar refractivity (Wildman–Crippen MR) is 26.4 cm³/mol. The lowest BCUT2D eigenvalue weighted by molar-refractivity contribution is -0.177. The summed E-state index contributed by atoms with van der Waals surface area (Å²) in [5, 5.41) is 15.9. The van der Waals surface area contributed by atoms with Crippen molar-refractivity contribution in [1.82, 2.24) is 0 Å². The smallest absolute Gasteiger partial charge is 0.419 e. The number of ether oxygens (including phenoxy) is 2. The van der Waals surface area contributed by atoms with E-state index in [1.54, 1.807) is 0 Å². The molecule has 58 valence electrons. The summed E-state index contributed by atoms with van der Waals surface area (Å²) in [6.45, 7) is -1.78. The Morgan fingerprint density at radius 2 is 1.30 bits per heavy atom. The standard InChI is InChI=1S/C4H6O6/c5-1-9-3(7)4(8)10-2-6/h5-6H,1-2H2. The number of aliphatic hydroxyl groups excluding tert-OH is 2. The fraction of sp³-hybridized carbons (Fsp3) is 0.500. The van der Waals surface area contributed by atoms with Gasteiger partial charge in [-0.05, 0) is 0 Å². The van der Waals surface area contributed by atoms with E-state index in [4.69, 9.17) is 10.2 Å². The Morgan fingerprint density at radius 1 is 1.00 bits per heavy atom. The molecule has 0 aromatic carbocycles. The Balaban J connectivity index is 3.60. The van der Waals surface area contributed by atoms with Gasteiger partial charge in [-0.3, -0.25) is 0 Å². The zero-order valence-electron chi connectivity index (χ0n) is 4.94. The summed E-state index contributed by atoms with van der Waals surface area (Å²) in [6.07, 6.45) is 0. The van der Waals surface area contributed by atoms with E-state index in [1.807, 2.05) is 0 Å². The van der Waals surface area contributed by atoms with Gasteiger partial charge in [-0.15, -0.1) is 0 Å². The first kappa shape index (κ1) is 8.86. The van der Waals surface area contributed by atoms with Crippen LogP contribution in [0.15, 0.2) is 0 Å². The van der Waals surface area contributed by atoms with Gasteiger partial charge in [0.2, 0.25) is 0 Å². The van der Waals surface area contributed by atoms with Crippen molar-refractivity contribution in [2.24, 2.45) is 0 Å². The molecule has 0 aliphatic rings. The van der Waals surface area contributed by atoms with Crippen LogP contribution in [0.1, 0.15) is 0 Å². The van der Waals surface area contributed by atoms with E-state index in [0.29, 0.717) is 0 Å². The molecule has 6 nitrogen and oxygen atoms in total. The average Bonchev–Trinajstić information content (AvgIpc) is 1.89. The van der Waals surface area contributed by atoms with Crippen LogP contribution in [0.5, 0.6) is 0 Å². The summed E-state index contributed by atoms with van der Waals surface area (Å²) < 4.78 is 7.57. The monoisotopic (exact) mass is 150 g/mol.